The third-order valence-electron chi connectivity index (χ3n) is 3.21. The Balaban J connectivity index is 2.33. The highest BCUT2D eigenvalue weighted by atomic mass is 16.5. The van der Waals surface area contributed by atoms with Gasteiger partial charge in [0.25, 0.3) is 0 Å². The molecule has 1 aliphatic carbocycles. The number of aliphatic hydroxyl groups is 1. The zero-order valence-corrected chi connectivity index (χ0v) is 10.0. The number of hydrogen-bond acceptors (Lipinski definition) is 3. The predicted molar refractivity (Wildman–Crippen MR) is 62.2 cm³/mol. The van der Waals surface area contributed by atoms with Crippen LogP contribution in [0, 0.1) is 6.92 Å². The Morgan fingerprint density at radius 2 is 1.94 bits per heavy atom. The average Bonchev–Trinajstić information content (AvgIpc) is 2.97. The van der Waals surface area contributed by atoms with Gasteiger partial charge in [0.1, 0.15) is 11.5 Å². The minimum absolute atomic E-state index is 0.492. The fourth-order valence-electron chi connectivity index (χ4n) is 2.05. The van der Waals surface area contributed by atoms with Crippen molar-refractivity contribution in [1.29, 1.82) is 0 Å². The van der Waals surface area contributed by atoms with Crippen molar-refractivity contribution in [2.75, 3.05) is 14.2 Å². The SMILES string of the molecule is COc1ccc(CC2(O)CC2)c(OC)c1C. The highest BCUT2D eigenvalue weighted by molar-refractivity contribution is 5.50. The van der Waals surface area contributed by atoms with E-state index < -0.39 is 5.60 Å². The molecule has 0 bridgehead atoms. The van der Waals surface area contributed by atoms with Crippen molar-refractivity contribution in [3.63, 3.8) is 0 Å². The maximum absolute atomic E-state index is 9.93. The van der Waals surface area contributed by atoms with E-state index in [-0.39, 0.29) is 0 Å². The van der Waals surface area contributed by atoms with Crippen LogP contribution in [-0.4, -0.2) is 24.9 Å². The van der Waals surface area contributed by atoms with Crippen LogP contribution in [0.15, 0.2) is 12.1 Å². The van der Waals surface area contributed by atoms with Gasteiger partial charge in [-0.25, -0.2) is 0 Å². The number of benzene rings is 1. The summed E-state index contributed by atoms with van der Waals surface area (Å²) in [4.78, 5) is 0. The van der Waals surface area contributed by atoms with Gasteiger partial charge < -0.3 is 14.6 Å². The fourth-order valence-corrected chi connectivity index (χ4v) is 2.05. The quantitative estimate of drug-likeness (QED) is 0.847. The number of ether oxygens (including phenoxy) is 2. The fraction of sp³-hybridized carbons (Fsp3) is 0.538. The molecule has 1 aliphatic rings. The van der Waals surface area contributed by atoms with Gasteiger partial charge >= 0.3 is 0 Å². The molecule has 0 saturated heterocycles. The molecular weight excluding hydrogens is 204 g/mol. The van der Waals surface area contributed by atoms with Crippen LogP contribution in [0.1, 0.15) is 24.0 Å². The van der Waals surface area contributed by atoms with E-state index in [0.717, 1.165) is 35.5 Å². The van der Waals surface area contributed by atoms with Gasteiger partial charge in [0.05, 0.1) is 19.8 Å². The van der Waals surface area contributed by atoms with Crippen molar-refractivity contribution < 1.29 is 14.6 Å². The van der Waals surface area contributed by atoms with Gasteiger partial charge in [-0.2, -0.15) is 0 Å². The van der Waals surface area contributed by atoms with E-state index in [0.29, 0.717) is 6.42 Å². The first-order chi connectivity index (χ1) is 7.59. The molecule has 1 saturated carbocycles. The Bertz CT molecular complexity index is 394. The maximum atomic E-state index is 9.93. The van der Waals surface area contributed by atoms with Crippen LogP contribution in [0.5, 0.6) is 11.5 Å². The second-order valence-electron chi connectivity index (χ2n) is 4.49. The average molecular weight is 222 g/mol. The standard InChI is InChI=1S/C13H18O3/c1-9-11(15-2)5-4-10(12(9)16-3)8-13(14)6-7-13/h4-5,14H,6-8H2,1-3H3. The van der Waals surface area contributed by atoms with Crippen molar-refractivity contribution in [3.05, 3.63) is 23.3 Å². The van der Waals surface area contributed by atoms with Crippen LogP contribution in [-0.2, 0) is 6.42 Å². The summed E-state index contributed by atoms with van der Waals surface area (Å²) >= 11 is 0. The second kappa shape index (κ2) is 3.98. The summed E-state index contributed by atoms with van der Waals surface area (Å²) in [7, 11) is 3.30. The van der Waals surface area contributed by atoms with Gasteiger partial charge in [-0.1, -0.05) is 6.07 Å². The summed E-state index contributed by atoms with van der Waals surface area (Å²) in [5, 5.41) is 9.93. The zero-order valence-electron chi connectivity index (χ0n) is 10.0. The van der Waals surface area contributed by atoms with Gasteiger partial charge in [0.15, 0.2) is 0 Å². The minimum Gasteiger partial charge on any atom is -0.496 e. The molecule has 16 heavy (non-hydrogen) atoms. The van der Waals surface area contributed by atoms with E-state index in [4.69, 9.17) is 9.47 Å². The lowest BCUT2D eigenvalue weighted by molar-refractivity contribution is 0.150. The third-order valence-corrected chi connectivity index (χ3v) is 3.21. The Labute approximate surface area is 96.0 Å². The molecule has 1 aromatic carbocycles. The molecule has 0 aliphatic heterocycles. The third kappa shape index (κ3) is 2.00. The first kappa shape index (κ1) is 11.3. The summed E-state index contributed by atoms with van der Waals surface area (Å²) in [5.41, 5.74) is 1.56. The summed E-state index contributed by atoms with van der Waals surface area (Å²) < 4.78 is 10.6. The monoisotopic (exact) mass is 222 g/mol. The second-order valence-corrected chi connectivity index (χ2v) is 4.49. The highest BCUT2D eigenvalue weighted by Gasteiger charge is 2.41. The molecule has 0 spiro atoms. The largest absolute Gasteiger partial charge is 0.496 e. The molecule has 88 valence electrons. The van der Waals surface area contributed by atoms with Gasteiger partial charge in [0.2, 0.25) is 0 Å². The van der Waals surface area contributed by atoms with Crippen molar-refractivity contribution in [3.8, 4) is 11.5 Å². The lowest BCUT2D eigenvalue weighted by Gasteiger charge is -2.16. The number of rotatable bonds is 4. The Kier molecular flexibility index (Phi) is 2.80. The van der Waals surface area contributed by atoms with E-state index in [1.165, 1.54) is 0 Å². The lowest BCUT2D eigenvalue weighted by atomic mass is 10.0. The minimum atomic E-state index is -0.492. The van der Waals surface area contributed by atoms with Crippen molar-refractivity contribution >= 4 is 0 Å². The molecule has 0 unspecified atom stereocenters. The molecule has 0 heterocycles. The molecule has 2 rings (SSSR count). The lowest BCUT2D eigenvalue weighted by Crippen LogP contribution is -2.12. The van der Waals surface area contributed by atoms with Crippen molar-refractivity contribution in [2.24, 2.45) is 0 Å². The molecular formula is C13H18O3. The summed E-state index contributed by atoms with van der Waals surface area (Å²) in [5.74, 6) is 1.66. The van der Waals surface area contributed by atoms with Gasteiger partial charge in [-0.15, -0.1) is 0 Å². The highest BCUT2D eigenvalue weighted by Crippen LogP contribution is 2.41. The Morgan fingerprint density at radius 1 is 1.25 bits per heavy atom. The van der Waals surface area contributed by atoms with Crippen molar-refractivity contribution in [1.82, 2.24) is 0 Å². The number of methoxy groups -OCH3 is 2. The van der Waals surface area contributed by atoms with Gasteiger partial charge in [-0.3, -0.25) is 0 Å². The molecule has 0 radical (unpaired) electrons. The topological polar surface area (TPSA) is 38.7 Å². The first-order valence-corrected chi connectivity index (χ1v) is 5.52. The van der Waals surface area contributed by atoms with Gasteiger partial charge in [0, 0.05) is 12.0 Å². The van der Waals surface area contributed by atoms with Crippen molar-refractivity contribution in [2.45, 2.75) is 31.8 Å². The molecule has 1 fully saturated rings. The van der Waals surface area contributed by atoms with Crippen LogP contribution >= 0.6 is 0 Å². The van der Waals surface area contributed by atoms with Crippen LogP contribution in [0.2, 0.25) is 0 Å². The summed E-state index contributed by atoms with van der Waals surface area (Å²) in [6.07, 6.45) is 2.45. The van der Waals surface area contributed by atoms with Crippen LogP contribution in [0.3, 0.4) is 0 Å². The number of hydrogen-bond donors (Lipinski definition) is 1. The predicted octanol–water partition coefficient (Wildman–Crippen LogP) is 2.08. The van der Waals surface area contributed by atoms with E-state index in [9.17, 15) is 5.11 Å². The van der Waals surface area contributed by atoms with Crippen LogP contribution in [0.25, 0.3) is 0 Å². The van der Waals surface area contributed by atoms with Crippen LogP contribution in [0.4, 0.5) is 0 Å². The molecule has 0 aromatic heterocycles. The normalized spacial score (nSPS) is 17.0. The van der Waals surface area contributed by atoms with E-state index in [1.807, 2.05) is 19.1 Å². The Morgan fingerprint density at radius 3 is 2.44 bits per heavy atom. The molecule has 1 N–H and O–H groups in total. The zero-order chi connectivity index (χ0) is 11.8. The molecule has 0 atom stereocenters. The summed E-state index contributed by atoms with van der Waals surface area (Å²) in [6, 6.07) is 3.90. The van der Waals surface area contributed by atoms with Crippen LogP contribution < -0.4 is 9.47 Å². The van der Waals surface area contributed by atoms with E-state index in [1.54, 1.807) is 14.2 Å². The van der Waals surface area contributed by atoms with E-state index in [2.05, 4.69) is 0 Å². The maximum Gasteiger partial charge on any atom is 0.128 e. The van der Waals surface area contributed by atoms with Gasteiger partial charge in [-0.05, 0) is 31.4 Å². The molecule has 1 aromatic rings. The smallest absolute Gasteiger partial charge is 0.128 e. The molecule has 0 amide bonds. The Hall–Kier alpha value is -1.22. The molecule has 3 nitrogen and oxygen atoms in total. The summed E-state index contributed by atoms with van der Waals surface area (Å²) in [6.45, 7) is 1.97. The molecule has 3 heteroatoms. The van der Waals surface area contributed by atoms with E-state index >= 15 is 0 Å². The first-order valence-electron chi connectivity index (χ1n) is 5.52.